The van der Waals surface area contributed by atoms with Gasteiger partial charge in [0.15, 0.2) is 5.41 Å². The summed E-state index contributed by atoms with van der Waals surface area (Å²) in [6.07, 6.45) is -2.79. The molecule has 0 spiro atoms. The van der Waals surface area contributed by atoms with E-state index in [-0.39, 0.29) is 6.54 Å². The van der Waals surface area contributed by atoms with Crippen molar-refractivity contribution in [2.45, 2.75) is 38.8 Å². The van der Waals surface area contributed by atoms with Crippen molar-refractivity contribution in [3.05, 3.63) is 0 Å². The number of alkyl halides is 3. The molecule has 0 aromatic rings. The third-order valence-corrected chi connectivity index (χ3v) is 3.92. The number of hydrogen-bond donors (Lipinski definition) is 1. The van der Waals surface area contributed by atoms with Crippen LogP contribution in [0, 0.1) is 5.41 Å². The molecular weight excluding hydrogens is 289 g/mol. The van der Waals surface area contributed by atoms with E-state index in [4.69, 9.17) is 5.11 Å². The van der Waals surface area contributed by atoms with E-state index in [1.165, 1.54) is 11.9 Å². The summed E-state index contributed by atoms with van der Waals surface area (Å²) in [6, 6.07) is -0.543. The van der Waals surface area contributed by atoms with Gasteiger partial charge in [-0.2, -0.15) is 13.2 Å². The van der Waals surface area contributed by atoms with Crippen molar-refractivity contribution >= 4 is 12.0 Å². The van der Waals surface area contributed by atoms with Crippen LogP contribution in [-0.4, -0.2) is 59.8 Å². The second-order valence-electron chi connectivity index (χ2n) is 5.47. The summed E-state index contributed by atoms with van der Waals surface area (Å²) >= 11 is 0. The molecule has 1 saturated heterocycles. The molecule has 1 fully saturated rings. The van der Waals surface area contributed by atoms with Crippen molar-refractivity contribution in [1.29, 1.82) is 0 Å². The maximum Gasteiger partial charge on any atom is 0.406 e. The Morgan fingerprint density at radius 3 is 2.38 bits per heavy atom. The zero-order valence-electron chi connectivity index (χ0n) is 12.2. The average molecular weight is 310 g/mol. The number of nitrogens with zero attached hydrogens (tertiary/aromatic N) is 2. The number of carboxylic acid groups (broad SMARTS) is 1. The van der Waals surface area contributed by atoms with E-state index in [1.54, 1.807) is 0 Å². The lowest BCUT2D eigenvalue weighted by Crippen LogP contribution is -2.49. The van der Waals surface area contributed by atoms with E-state index < -0.39 is 36.6 Å². The summed E-state index contributed by atoms with van der Waals surface area (Å²) in [5, 5.41) is 8.94. The molecule has 0 aromatic heterocycles. The first-order chi connectivity index (χ1) is 9.65. The number of aliphatic carboxylic acids is 1. The van der Waals surface area contributed by atoms with Gasteiger partial charge in [0.05, 0.1) is 0 Å². The molecule has 5 nitrogen and oxygen atoms in total. The molecule has 0 aliphatic carbocycles. The van der Waals surface area contributed by atoms with Gasteiger partial charge < -0.3 is 14.9 Å². The van der Waals surface area contributed by atoms with E-state index >= 15 is 0 Å². The van der Waals surface area contributed by atoms with Crippen LogP contribution in [0.4, 0.5) is 18.0 Å². The molecule has 0 radical (unpaired) electrons. The van der Waals surface area contributed by atoms with E-state index in [9.17, 15) is 22.8 Å². The molecular formula is C13H21F3N2O3. The Hall–Kier alpha value is -1.47. The van der Waals surface area contributed by atoms with Crippen molar-refractivity contribution in [1.82, 2.24) is 9.80 Å². The predicted octanol–water partition coefficient (Wildman–Crippen LogP) is 2.57. The number of carbonyl (C=O) groups excluding carboxylic acids is 1. The molecule has 1 atom stereocenters. The molecule has 1 unspecified atom stereocenters. The highest BCUT2D eigenvalue weighted by Crippen LogP contribution is 2.45. The standard InChI is InChI=1S/C13H21F3N2O3/c1-3-4-5-7-17(2)11(21)18-8-6-12(9-18,10(19)20)13(14,15)16/h3-9H2,1-2H3,(H,19,20). The quantitative estimate of drug-likeness (QED) is 0.794. The molecule has 1 N–H and O–H groups in total. The van der Waals surface area contributed by atoms with Crippen LogP contribution in [0.15, 0.2) is 0 Å². The van der Waals surface area contributed by atoms with Crippen LogP contribution < -0.4 is 0 Å². The van der Waals surface area contributed by atoms with Crippen molar-refractivity contribution in [3.8, 4) is 0 Å². The number of hydrogen-bond acceptors (Lipinski definition) is 2. The van der Waals surface area contributed by atoms with Crippen LogP contribution in [0.1, 0.15) is 32.6 Å². The minimum absolute atomic E-state index is 0.192. The third-order valence-electron chi connectivity index (χ3n) is 3.92. The van der Waals surface area contributed by atoms with Crippen molar-refractivity contribution in [2.24, 2.45) is 5.41 Å². The molecule has 1 rings (SSSR count). The van der Waals surface area contributed by atoms with Gasteiger partial charge in [-0.15, -0.1) is 0 Å². The van der Waals surface area contributed by atoms with E-state index in [1.807, 2.05) is 6.92 Å². The first-order valence-corrected chi connectivity index (χ1v) is 6.96. The largest absolute Gasteiger partial charge is 0.481 e. The van der Waals surface area contributed by atoms with Gasteiger partial charge in [0, 0.05) is 26.7 Å². The van der Waals surface area contributed by atoms with E-state index in [0.717, 1.165) is 24.2 Å². The first kappa shape index (κ1) is 17.6. The fraction of sp³-hybridized carbons (Fsp3) is 0.846. The number of carbonyl (C=O) groups is 2. The van der Waals surface area contributed by atoms with Gasteiger partial charge in [-0.3, -0.25) is 4.79 Å². The fourth-order valence-electron chi connectivity index (χ4n) is 2.44. The fourth-order valence-corrected chi connectivity index (χ4v) is 2.44. The molecule has 0 aromatic carbocycles. The van der Waals surface area contributed by atoms with Crippen LogP contribution >= 0.6 is 0 Å². The van der Waals surface area contributed by atoms with Gasteiger partial charge in [0.2, 0.25) is 0 Å². The van der Waals surface area contributed by atoms with Gasteiger partial charge in [-0.05, 0) is 12.8 Å². The molecule has 0 saturated carbocycles. The summed E-state index contributed by atoms with van der Waals surface area (Å²) in [5.41, 5.74) is -2.84. The number of unbranched alkanes of at least 4 members (excludes halogenated alkanes) is 2. The summed E-state index contributed by atoms with van der Waals surface area (Å²) in [4.78, 5) is 25.4. The number of amides is 2. The van der Waals surface area contributed by atoms with Crippen molar-refractivity contribution < 1.29 is 27.9 Å². The van der Waals surface area contributed by atoms with Gasteiger partial charge in [0.25, 0.3) is 0 Å². The molecule has 2 amide bonds. The Morgan fingerprint density at radius 2 is 1.95 bits per heavy atom. The molecule has 1 heterocycles. The first-order valence-electron chi connectivity index (χ1n) is 6.96. The average Bonchev–Trinajstić information content (AvgIpc) is 2.83. The number of rotatable bonds is 5. The molecule has 0 bridgehead atoms. The normalized spacial score (nSPS) is 22.4. The smallest absolute Gasteiger partial charge is 0.406 e. The Labute approximate surface area is 121 Å². The molecule has 1 aliphatic rings. The van der Waals surface area contributed by atoms with Crippen LogP contribution in [0.25, 0.3) is 0 Å². The second-order valence-corrected chi connectivity index (χ2v) is 5.47. The van der Waals surface area contributed by atoms with E-state index in [0.29, 0.717) is 6.54 Å². The van der Waals surface area contributed by atoms with Crippen LogP contribution in [0.2, 0.25) is 0 Å². The highest BCUT2D eigenvalue weighted by molar-refractivity contribution is 5.80. The monoisotopic (exact) mass is 310 g/mol. The Morgan fingerprint density at radius 1 is 1.33 bits per heavy atom. The minimum atomic E-state index is -4.87. The summed E-state index contributed by atoms with van der Waals surface area (Å²) < 4.78 is 39.1. The van der Waals surface area contributed by atoms with Crippen LogP contribution in [0.3, 0.4) is 0 Å². The zero-order valence-corrected chi connectivity index (χ0v) is 12.2. The summed E-state index contributed by atoms with van der Waals surface area (Å²) in [7, 11) is 1.52. The summed E-state index contributed by atoms with van der Waals surface area (Å²) in [5.74, 6) is -1.92. The van der Waals surface area contributed by atoms with Gasteiger partial charge >= 0.3 is 18.2 Å². The number of halogens is 3. The molecule has 21 heavy (non-hydrogen) atoms. The highest BCUT2D eigenvalue weighted by atomic mass is 19.4. The predicted molar refractivity (Wildman–Crippen MR) is 69.9 cm³/mol. The third kappa shape index (κ3) is 3.59. The van der Waals surface area contributed by atoms with Gasteiger partial charge in [0.1, 0.15) is 0 Å². The molecule has 122 valence electrons. The maximum atomic E-state index is 13.0. The zero-order chi connectivity index (χ0) is 16.3. The van der Waals surface area contributed by atoms with Crippen molar-refractivity contribution in [3.63, 3.8) is 0 Å². The molecule has 8 heteroatoms. The molecule has 1 aliphatic heterocycles. The topological polar surface area (TPSA) is 60.9 Å². The minimum Gasteiger partial charge on any atom is -0.481 e. The Kier molecular flexibility index (Phi) is 5.47. The Balaban J connectivity index is 2.72. The number of likely N-dealkylation sites (tertiary alicyclic amines) is 1. The second kappa shape index (κ2) is 6.53. The number of carboxylic acids is 1. The van der Waals surface area contributed by atoms with Crippen molar-refractivity contribution in [2.75, 3.05) is 26.7 Å². The Bertz CT molecular complexity index is 401. The number of urea groups is 1. The lowest BCUT2D eigenvalue weighted by molar-refractivity contribution is -0.227. The van der Waals surface area contributed by atoms with Crippen LogP contribution in [0.5, 0.6) is 0 Å². The lowest BCUT2D eigenvalue weighted by atomic mass is 9.86. The maximum absolute atomic E-state index is 13.0. The van der Waals surface area contributed by atoms with Crippen LogP contribution in [-0.2, 0) is 4.79 Å². The SMILES string of the molecule is CCCCCN(C)C(=O)N1CCC(C(=O)O)(C(F)(F)F)C1. The lowest BCUT2D eigenvalue weighted by Gasteiger charge is -2.29. The van der Waals surface area contributed by atoms with Gasteiger partial charge in [-0.1, -0.05) is 19.8 Å². The van der Waals surface area contributed by atoms with E-state index in [2.05, 4.69) is 0 Å². The highest BCUT2D eigenvalue weighted by Gasteiger charge is 2.64. The summed E-state index contributed by atoms with van der Waals surface area (Å²) in [6.45, 7) is 1.45. The van der Waals surface area contributed by atoms with Gasteiger partial charge in [-0.25, -0.2) is 4.79 Å².